The van der Waals surface area contributed by atoms with Crippen LogP contribution in [0.1, 0.15) is 4.88 Å². The van der Waals surface area contributed by atoms with Crippen LogP contribution in [-0.2, 0) is 11.3 Å². The number of hydrogen-bond donors (Lipinski definition) is 0. The number of rotatable bonds is 3. The fourth-order valence-corrected chi connectivity index (χ4v) is 1.25. The van der Waals surface area contributed by atoms with Crippen molar-refractivity contribution >= 4 is 22.9 Å². The van der Waals surface area contributed by atoms with Crippen LogP contribution >= 0.6 is 22.9 Å². The molecule has 1 rings (SSSR count). The van der Waals surface area contributed by atoms with Gasteiger partial charge in [0.1, 0.15) is 6.07 Å². The molecule has 0 radical (unpaired) electrons. The lowest BCUT2D eigenvalue weighted by Gasteiger charge is -1.93. The molecule has 0 atom stereocenters. The molecule has 0 unspecified atom stereocenters. The van der Waals surface area contributed by atoms with Gasteiger partial charge in [0.25, 0.3) is 0 Å². The molecule has 0 spiro atoms. The molecular formula is C6H7ClOS. The summed E-state index contributed by atoms with van der Waals surface area (Å²) in [7, 11) is 0. The van der Waals surface area contributed by atoms with E-state index in [-0.39, 0.29) is 6.07 Å². The fourth-order valence-electron chi connectivity index (χ4n) is 0.534. The summed E-state index contributed by atoms with van der Waals surface area (Å²) in [5, 5.41) is 2.02. The van der Waals surface area contributed by atoms with E-state index >= 15 is 0 Å². The zero-order valence-corrected chi connectivity index (χ0v) is 6.41. The maximum Gasteiger partial charge on any atom is 0.121 e. The highest BCUT2D eigenvalue weighted by molar-refractivity contribution is 7.09. The fraction of sp³-hybridized carbons (Fsp3) is 0.333. The average molecular weight is 163 g/mol. The van der Waals surface area contributed by atoms with Crippen LogP contribution in [0.25, 0.3) is 0 Å². The maximum absolute atomic E-state index is 5.30. The van der Waals surface area contributed by atoms with Crippen molar-refractivity contribution in [1.82, 2.24) is 0 Å². The predicted molar refractivity (Wildman–Crippen MR) is 39.8 cm³/mol. The van der Waals surface area contributed by atoms with Crippen LogP contribution < -0.4 is 0 Å². The standard InChI is InChI=1S/C6H7ClOS/c7-5-8-4-6-2-1-3-9-6/h1-3H,4-5H2. The molecule has 0 saturated heterocycles. The molecule has 3 heteroatoms. The van der Waals surface area contributed by atoms with Crippen LogP contribution in [0, 0.1) is 0 Å². The van der Waals surface area contributed by atoms with E-state index in [4.69, 9.17) is 16.3 Å². The van der Waals surface area contributed by atoms with Gasteiger partial charge in [0.2, 0.25) is 0 Å². The van der Waals surface area contributed by atoms with Gasteiger partial charge in [-0.3, -0.25) is 0 Å². The SMILES string of the molecule is ClCOCc1cccs1. The molecule has 9 heavy (non-hydrogen) atoms. The van der Waals surface area contributed by atoms with Gasteiger partial charge in [0.05, 0.1) is 6.61 Å². The Kier molecular flexibility index (Phi) is 3.04. The highest BCUT2D eigenvalue weighted by Crippen LogP contribution is 2.09. The van der Waals surface area contributed by atoms with E-state index in [0.29, 0.717) is 6.61 Å². The number of ether oxygens (including phenoxy) is 1. The second kappa shape index (κ2) is 3.88. The molecule has 0 aliphatic rings. The van der Waals surface area contributed by atoms with Crippen molar-refractivity contribution in [2.75, 3.05) is 6.07 Å². The van der Waals surface area contributed by atoms with Crippen LogP contribution in [0.15, 0.2) is 17.5 Å². The molecule has 0 N–H and O–H groups in total. The van der Waals surface area contributed by atoms with Gasteiger partial charge < -0.3 is 4.74 Å². The van der Waals surface area contributed by atoms with Crippen molar-refractivity contribution in [2.45, 2.75) is 6.61 Å². The normalized spacial score (nSPS) is 9.89. The van der Waals surface area contributed by atoms with Crippen LogP contribution in [0.4, 0.5) is 0 Å². The van der Waals surface area contributed by atoms with Crippen molar-refractivity contribution in [3.63, 3.8) is 0 Å². The second-order valence-electron chi connectivity index (χ2n) is 1.54. The van der Waals surface area contributed by atoms with E-state index in [1.165, 1.54) is 4.88 Å². The van der Waals surface area contributed by atoms with Gasteiger partial charge in [-0.15, -0.1) is 11.3 Å². The predicted octanol–water partition coefficient (Wildman–Crippen LogP) is 2.46. The minimum absolute atomic E-state index is 0.276. The molecule has 1 aromatic rings. The topological polar surface area (TPSA) is 9.23 Å². The summed E-state index contributed by atoms with van der Waals surface area (Å²) >= 11 is 6.98. The average Bonchev–Trinajstić information content (AvgIpc) is 2.34. The molecule has 0 aliphatic carbocycles. The molecule has 1 aromatic heterocycles. The van der Waals surface area contributed by atoms with E-state index in [9.17, 15) is 0 Å². The molecular weight excluding hydrogens is 156 g/mol. The Labute approximate surface area is 63.2 Å². The molecule has 1 heterocycles. The minimum Gasteiger partial charge on any atom is -0.360 e. The Morgan fingerprint density at radius 3 is 3.11 bits per heavy atom. The number of hydrogen-bond acceptors (Lipinski definition) is 2. The quantitative estimate of drug-likeness (QED) is 0.621. The first-order valence-electron chi connectivity index (χ1n) is 2.59. The summed E-state index contributed by atoms with van der Waals surface area (Å²) in [6.07, 6.45) is 0. The van der Waals surface area contributed by atoms with Crippen LogP contribution in [0.5, 0.6) is 0 Å². The van der Waals surface area contributed by atoms with Crippen molar-refractivity contribution < 1.29 is 4.74 Å². The van der Waals surface area contributed by atoms with E-state index in [1.807, 2.05) is 17.5 Å². The molecule has 0 aliphatic heterocycles. The summed E-state index contributed by atoms with van der Waals surface area (Å²) in [6.45, 7) is 0.640. The third-order valence-electron chi connectivity index (χ3n) is 0.902. The van der Waals surface area contributed by atoms with Gasteiger partial charge in [0.15, 0.2) is 0 Å². The molecule has 0 bridgehead atoms. The molecule has 0 fully saturated rings. The Morgan fingerprint density at radius 1 is 1.67 bits per heavy atom. The van der Waals surface area contributed by atoms with Crippen molar-refractivity contribution in [1.29, 1.82) is 0 Å². The Morgan fingerprint density at radius 2 is 2.56 bits per heavy atom. The second-order valence-corrected chi connectivity index (χ2v) is 2.79. The lowest BCUT2D eigenvalue weighted by atomic mass is 10.5. The Bertz CT molecular complexity index is 150. The molecule has 50 valence electrons. The third-order valence-corrected chi connectivity index (χ3v) is 1.91. The largest absolute Gasteiger partial charge is 0.360 e. The highest BCUT2D eigenvalue weighted by Gasteiger charge is 1.89. The van der Waals surface area contributed by atoms with Gasteiger partial charge in [-0.05, 0) is 11.4 Å². The molecule has 1 nitrogen and oxygen atoms in total. The van der Waals surface area contributed by atoms with Crippen molar-refractivity contribution in [3.05, 3.63) is 22.4 Å². The first kappa shape index (κ1) is 7.06. The summed E-state index contributed by atoms with van der Waals surface area (Å²) < 4.78 is 4.95. The monoisotopic (exact) mass is 162 g/mol. The third kappa shape index (κ3) is 2.35. The van der Waals surface area contributed by atoms with E-state index in [2.05, 4.69) is 0 Å². The smallest absolute Gasteiger partial charge is 0.121 e. The highest BCUT2D eigenvalue weighted by atomic mass is 35.5. The van der Waals surface area contributed by atoms with Gasteiger partial charge in [-0.2, -0.15) is 0 Å². The number of thiophene rings is 1. The minimum atomic E-state index is 0.276. The van der Waals surface area contributed by atoms with E-state index in [1.54, 1.807) is 11.3 Å². The summed E-state index contributed by atoms with van der Waals surface area (Å²) in [5.74, 6) is 0. The zero-order valence-electron chi connectivity index (χ0n) is 4.84. The first-order valence-corrected chi connectivity index (χ1v) is 4.01. The Balaban J connectivity index is 2.30. The lowest BCUT2D eigenvalue weighted by molar-refractivity contribution is 0.168. The van der Waals surface area contributed by atoms with E-state index < -0.39 is 0 Å². The van der Waals surface area contributed by atoms with E-state index in [0.717, 1.165) is 0 Å². The Hall–Kier alpha value is -0.0500. The first-order chi connectivity index (χ1) is 4.43. The summed E-state index contributed by atoms with van der Waals surface area (Å²) in [4.78, 5) is 1.22. The van der Waals surface area contributed by atoms with Crippen molar-refractivity contribution in [2.24, 2.45) is 0 Å². The zero-order chi connectivity index (χ0) is 6.53. The molecule has 0 amide bonds. The van der Waals surface area contributed by atoms with Crippen LogP contribution in [-0.4, -0.2) is 6.07 Å². The van der Waals surface area contributed by atoms with Crippen molar-refractivity contribution in [3.8, 4) is 0 Å². The van der Waals surface area contributed by atoms with Gasteiger partial charge >= 0.3 is 0 Å². The lowest BCUT2D eigenvalue weighted by Crippen LogP contribution is -1.84. The summed E-state index contributed by atoms with van der Waals surface area (Å²) in [5.41, 5.74) is 0. The molecule has 0 aromatic carbocycles. The van der Waals surface area contributed by atoms with Crippen LogP contribution in [0.3, 0.4) is 0 Å². The number of alkyl halides is 1. The molecule has 0 saturated carbocycles. The van der Waals surface area contributed by atoms with Gasteiger partial charge in [0, 0.05) is 4.88 Å². The summed E-state index contributed by atoms with van der Waals surface area (Å²) in [6, 6.07) is 4.30. The van der Waals surface area contributed by atoms with Gasteiger partial charge in [-0.25, -0.2) is 0 Å². The van der Waals surface area contributed by atoms with Crippen LogP contribution in [0.2, 0.25) is 0 Å². The van der Waals surface area contributed by atoms with Gasteiger partial charge in [-0.1, -0.05) is 17.7 Å². The number of halogens is 1. The maximum atomic E-state index is 5.30.